The molecule has 0 spiro atoms. The van der Waals surface area contributed by atoms with E-state index in [-0.39, 0.29) is 18.5 Å². The van der Waals surface area contributed by atoms with Gasteiger partial charge in [0.2, 0.25) is 0 Å². The molecule has 0 radical (unpaired) electrons. The van der Waals surface area contributed by atoms with Gasteiger partial charge in [0, 0.05) is 40.8 Å². The van der Waals surface area contributed by atoms with Crippen LogP contribution in [0.2, 0.25) is 0 Å². The highest BCUT2D eigenvalue weighted by Gasteiger charge is 2.41. The number of ether oxygens (including phenoxy) is 1. The van der Waals surface area contributed by atoms with Crippen molar-refractivity contribution in [3.05, 3.63) is 61.9 Å². The highest BCUT2D eigenvalue weighted by atomic mass is 79.9. The summed E-state index contributed by atoms with van der Waals surface area (Å²) in [6, 6.07) is 3.61. The van der Waals surface area contributed by atoms with Crippen LogP contribution in [0.25, 0.3) is 0 Å². The molecule has 146 valence electrons. The molecule has 9 heteroatoms. The predicted molar refractivity (Wildman–Crippen MR) is 108 cm³/mol. The zero-order chi connectivity index (χ0) is 19.8. The van der Waals surface area contributed by atoms with Crippen LogP contribution in [0.15, 0.2) is 50.5 Å². The van der Waals surface area contributed by atoms with Crippen LogP contribution in [0.4, 0.5) is 4.39 Å². The third kappa shape index (κ3) is 3.38. The van der Waals surface area contributed by atoms with Crippen LogP contribution in [-0.2, 0) is 9.53 Å². The smallest absolute Gasteiger partial charge is 0.338 e. The molecule has 1 aromatic carbocycles. The van der Waals surface area contributed by atoms with Gasteiger partial charge in [0.25, 0.3) is 0 Å². The van der Waals surface area contributed by atoms with E-state index < -0.39 is 12.0 Å². The minimum Gasteiger partial charge on any atom is -0.463 e. The van der Waals surface area contributed by atoms with Crippen molar-refractivity contribution >= 4 is 39.1 Å². The molecule has 2 aliphatic heterocycles. The molecule has 0 saturated carbocycles. The molecule has 3 heterocycles. The molecule has 2 N–H and O–H groups in total. The van der Waals surface area contributed by atoms with Gasteiger partial charge in [-0.1, -0.05) is 22.0 Å². The zero-order valence-electron chi connectivity index (χ0n) is 15.1. The first-order chi connectivity index (χ1) is 13.5. The summed E-state index contributed by atoms with van der Waals surface area (Å²) in [6.45, 7) is 2.56. The molecule has 2 aliphatic rings. The number of hydrogen-bond acceptors (Lipinski definition) is 7. The van der Waals surface area contributed by atoms with Crippen molar-refractivity contribution in [1.29, 1.82) is 0 Å². The molecule has 0 bridgehead atoms. The normalized spacial score (nSPS) is 21.6. The van der Waals surface area contributed by atoms with E-state index in [9.17, 15) is 9.18 Å². The van der Waals surface area contributed by atoms with Gasteiger partial charge in [0.15, 0.2) is 10.8 Å². The predicted octanol–water partition coefficient (Wildman–Crippen LogP) is 3.40. The average molecular weight is 465 g/mol. The van der Waals surface area contributed by atoms with Crippen molar-refractivity contribution in [1.82, 2.24) is 9.88 Å². The van der Waals surface area contributed by atoms with Crippen molar-refractivity contribution in [3.8, 4) is 0 Å². The highest BCUT2D eigenvalue weighted by Crippen LogP contribution is 2.42. The second-order valence-corrected chi connectivity index (χ2v) is 8.26. The van der Waals surface area contributed by atoms with Crippen LogP contribution in [-0.4, -0.2) is 40.9 Å². The minimum atomic E-state index is -0.635. The Balaban J connectivity index is 1.91. The lowest BCUT2D eigenvalue weighted by molar-refractivity contribution is -0.139. The van der Waals surface area contributed by atoms with Crippen LogP contribution in [0.3, 0.4) is 0 Å². The SMILES string of the molecule is CCOC(=O)C1=C2CC(N)CN2C(c2nccs2)=NC1c1ccc(F)cc1Br. The Morgan fingerprint density at radius 1 is 1.50 bits per heavy atom. The number of esters is 1. The third-order valence-electron chi connectivity index (χ3n) is 4.67. The first-order valence-electron chi connectivity index (χ1n) is 8.85. The number of hydrogen-bond donors (Lipinski definition) is 1. The molecule has 0 aliphatic carbocycles. The van der Waals surface area contributed by atoms with Crippen molar-refractivity contribution in [2.45, 2.75) is 25.4 Å². The van der Waals surface area contributed by atoms with E-state index in [0.717, 1.165) is 10.7 Å². The molecule has 0 amide bonds. The number of benzene rings is 1. The van der Waals surface area contributed by atoms with Gasteiger partial charge in [0.05, 0.1) is 12.2 Å². The van der Waals surface area contributed by atoms with Gasteiger partial charge in [-0.05, 0) is 24.6 Å². The summed E-state index contributed by atoms with van der Waals surface area (Å²) < 4.78 is 19.5. The number of fused-ring (bicyclic) bond motifs is 1. The van der Waals surface area contributed by atoms with E-state index in [1.165, 1.54) is 23.5 Å². The molecule has 1 fully saturated rings. The molecule has 4 rings (SSSR count). The summed E-state index contributed by atoms with van der Waals surface area (Å²) in [5, 5.41) is 2.62. The average Bonchev–Trinajstić information content (AvgIpc) is 3.29. The molecule has 6 nitrogen and oxygen atoms in total. The minimum absolute atomic E-state index is 0.125. The number of aromatic nitrogens is 1. The number of amidine groups is 1. The van der Waals surface area contributed by atoms with Crippen LogP contribution in [0.1, 0.15) is 30.0 Å². The Kier molecular flexibility index (Phi) is 5.31. The standard InChI is InChI=1S/C19H18BrFN4O2S/c1-2-27-19(26)15-14-8-11(22)9-25(14)17(18-23-5-6-28-18)24-16(15)12-4-3-10(21)7-13(12)20/h3-7,11,16H,2,8-9,22H2,1H3. The Labute approximate surface area is 174 Å². The van der Waals surface area contributed by atoms with Gasteiger partial charge >= 0.3 is 5.97 Å². The maximum atomic E-state index is 13.7. The maximum absolute atomic E-state index is 13.7. The Morgan fingerprint density at radius 3 is 3.00 bits per heavy atom. The lowest BCUT2D eigenvalue weighted by Gasteiger charge is -2.31. The van der Waals surface area contributed by atoms with E-state index in [0.29, 0.717) is 34.4 Å². The van der Waals surface area contributed by atoms with Gasteiger partial charge in [-0.25, -0.2) is 14.2 Å². The summed E-state index contributed by atoms with van der Waals surface area (Å²) >= 11 is 4.88. The molecule has 28 heavy (non-hydrogen) atoms. The second kappa shape index (κ2) is 7.73. The summed E-state index contributed by atoms with van der Waals surface area (Å²) in [7, 11) is 0. The number of rotatable bonds is 4. The Bertz CT molecular complexity index is 976. The summed E-state index contributed by atoms with van der Waals surface area (Å²) in [5.41, 5.74) is 8.15. The lowest BCUT2D eigenvalue weighted by atomic mass is 9.94. The number of carbonyl (C=O) groups excluding carboxylic acids is 1. The Hall–Kier alpha value is -2.10. The number of nitrogens with zero attached hydrogens (tertiary/aromatic N) is 3. The fourth-order valence-electron chi connectivity index (χ4n) is 3.54. The van der Waals surface area contributed by atoms with E-state index in [1.54, 1.807) is 19.2 Å². The van der Waals surface area contributed by atoms with Crippen LogP contribution >= 0.6 is 27.3 Å². The summed E-state index contributed by atoms with van der Waals surface area (Å²) in [6.07, 6.45) is 2.25. The number of nitrogens with two attached hydrogens (primary N) is 1. The molecule has 2 unspecified atom stereocenters. The van der Waals surface area contributed by atoms with Crippen molar-refractivity contribution in [2.75, 3.05) is 13.2 Å². The van der Waals surface area contributed by atoms with Gasteiger partial charge in [-0.15, -0.1) is 11.3 Å². The topological polar surface area (TPSA) is 80.8 Å². The fraction of sp³-hybridized carbons (Fsp3) is 0.316. The molecular weight excluding hydrogens is 447 g/mol. The maximum Gasteiger partial charge on any atom is 0.338 e. The van der Waals surface area contributed by atoms with Gasteiger partial charge in [-0.3, -0.25) is 4.99 Å². The largest absolute Gasteiger partial charge is 0.463 e. The molecule has 1 aromatic heterocycles. The van der Waals surface area contributed by atoms with Crippen molar-refractivity contribution < 1.29 is 13.9 Å². The van der Waals surface area contributed by atoms with E-state index in [4.69, 9.17) is 15.5 Å². The second-order valence-electron chi connectivity index (χ2n) is 6.51. The quantitative estimate of drug-likeness (QED) is 0.701. The van der Waals surface area contributed by atoms with Gasteiger partial charge < -0.3 is 15.4 Å². The van der Waals surface area contributed by atoms with Crippen LogP contribution < -0.4 is 5.73 Å². The summed E-state index contributed by atoms with van der Waals surface area (Å²) in [4.78, 5) is 24.1. The van der Waals surface area contributed by atoms with Crippen molar-refractivity contribution in [2.24, 2.45) is 10.7 Å². The monoisotopic (exact) mass is 464 g/mol. The van der Waals surface area contributed by atoms with Crippen LogP contribution in [0, 0.1) is 5.82 Å². The number of halogens is 2. The molecule has 2 aromatic rings. The molecular formula is C19H18BrFN4O2S. The van der Waals surface area contributed by atoms with E-state index in [2.05, 4.69) is 20.9 Å². The number of aliphatic imine (C=N–C) groups is 1. The fourth-order valence-corrected chi connectivity index (χ4v) is 4.75. The Morgan fingerprint density at radius 2 is 2.32 bits per heavy atom. The van der Waals surface area contributed by atoms with Gasteiger partial charge in [-0.2, -0.15) is 0 Å². The first-order valence-corrected chi connectivity index (χ1v) is 10.5. The number of carbonyl (C=O) groups is 1. The van der Waals surface area contributed by atoms with Crippen molar-refractivity contribution in [3.63, 3.8) is 0 Å². The third-order valence-corrected chi connectivity index (χ3v) is 6.12. The van der Waals surface area contributed by atoms with Crippen LogP contribution in [0.5, 0.6) is 0 Å². The highest BCUT2D eigenvalue weighted by molar-refractivity contribution is 9.10. The van der Waals surface area contributed by atoms with E-state index >= 15 is 0 Å². The number of thiazole rings is 1. The van der Waals surface area contributed by atoms with Gasteiger partial charge in [0.1, 0.15) is 11.9 Å². The zero-order valence-corrected chi connectivity index (χ0v) is 17.5. The molecule has 1 saturated heterocycles. The molecule has 2 atom stereocenters. The lowest BCUT2D eigenvalue weighted by Crippen LogP contribution is -2.36. The van der Waals surface area contributed by atoms with E-state index in [1.807, 2.05) is 10.3 Å². The summed E-state index contributed by atoms with van der Waals surface area (Å²) in [5.74, 6) is -0.127. The first kappa shape index (κ1) is 19.2.